The summed E-state index contributed by atoms with van der Waals surface area (Å²) >= 11 is 1.60. The second-order valence-electron chi connectivity index (χ2n) is 5.60. The summed E-state index contributed by atoms with van der Waals surface area (Å²) in [5.41, 5.74) is 2.02. The van der Waals surface area contributed by atoms with Gasteiger partial charge in [-0.05, 0) is 38.2 Å². The fourth-order valence-corrected chi connectivity index (χ4v) is 3.05. The van der Waals surface area contributed by atoms with Crippen molar-refractivity contribution in [1.29, 1.82) is 0 Å². The molecule has 0 aliphatic rings. The number of benzene rings is 1. The molecule has 2 rings (SSSR count). The molecular weight excluding hydrogens is 310 g/mol. The topological polar surface area (TPSA) is 54.5 Å². The third-order valence-electron chi connectivity index (χ3n) is 3.29. The van der Waals surface area contributed by atoms with E-state index in [2.05, 4.69) is 15.2 Å². The molecule has 0 saturated heterocycles. The lowest BCUT2D eigenvalue weighted by Crippen LogP contribution is -2.27. The van der Waals surface area contributed by atoms with Gasteiger partial charge in [0.2, 0.25) is 5.91 Å². The van der Waals surface area contributed by atoms with Gasteiger partial charge in [0, 0.05) is 18.5 Å². The van der Waals surface area contributed by atoms with E-state index >= 15 is 0 Å². The molecule has 0 fully saturated rings. The molecule has 1 amide bonds. The average molecular weight is 333 g/mol. The van der Waals surface area contributed by atoms with Crippen LogP contribution in [-0.2, 0) is 24.2 Å². The summed E-state index contributed by atoms with van der Waals surface area (Å²) in [6.45, 7) is 1.43. The molecule has 1 heterocycles. The van der Waals surface area contributed by atoms with E-state index in [1.807, 2.05) is 43.7 Å². The van der Waals surface area contributed by atoms with Crippen LogP contribution < -0.4 is 10.1 Å². The van der Waals surface area contributed by atoms with Crippen LogP contribution in [0, 0.1) is 0 Å². The smallest absolute Gasteiger partial charge is 0.226 e. The van der Waals surface area contributed by atoms with Gasteiger partial charge in [-0.3, -0.25) is 4.79 Å². The van der Waals surface area contributed by atoms with Crippen LogP contribution in [0.3, 0.4) is 0 Å². The van der Waals surface area contributed by atoms with Crippen LogP contribution in [0.1, 0.15) is 16.3 Å². The minimum absolute atomic E-state index is 0.0141. The molecule has 0 aliphatic carbocycles. The summed E-state index contributed by atoms with van der Waals surface area (Å²) in [4.78, 5) is 18.5. The van der Waals surface area contributed by atoms with E-state index in [4.69, 9.17) is 4.74 Å². The van der Waals surface area contributed by atoms with Crippen molar-refractivity contribution in [2.24, 2.45) is 0 Å². The Balaban J connectivity index is 1.73. The first-order valence-electron chi connectivity index (χ1n) is 7.54. The van der Waals surface area contributed by atoms with Crippen molar-refractivity contribution in [3.8, 4) is 5.75 Å². The number of rotatable bonds is 8. The van der Waals surface area contributed by atoms with Gasteiger partial charge in [-0.1, -0.05) is 12.1 Å². The maximum Gasteiger partial charge on any atom is 0.226 e. The van der Waals surface area contributed by atoms with Gasteiger partial charge in [0.25, 0.3) is 0 Å². The Morgan fingerprint density at radius 2 is 2.04 bits per heavy atom. The van der Waals surface area contributed by atoms with Gasteiger partial charge >= 0.3 is 0 Å². The standard InChI is InChI=1S/C17H23N3O2S/c1-20(2)11-17-19-14(12-23-17)10-16(21)18-9-8-13-4-6-15(22-3)7-5-13/h4-7,12H,8-11H2,1-3H3,(H,18,21). The Morgan fingerprint density at radius 3 is 2.70 bits per heavy atom. The van der Waals surface area contributed by atoms with Crippen molar-refractivity contribution >= 4 is 17.2 Å². The minimum atomic E-state index is 0.0141. The number of thiazole rings is 1. The molecule has 0 saturated carbocycles. The Hall–Kier alpha value is -1.92. The van der Waals surface area contributed by atoms with Crippen molar-refractivity contribution in [1.82, 2.24) is 15.2 Å². The number of aromatic nitrogens is 1. The molecule has 1 N–H and O–H groups in total. The number of nitrogens with one attached hydrogen (secondary N) is 1. The first-order valence-corrected chi connectivity index (χ1v) is 8.42. The number of carbonyl (C=O) groups excluding carboxylic acids is 1. The largest absolute Gasteiger partial charge is 0.497 e. The van der Waals surface area contributed by atoms with Gasteiger partial charge < -0.3 is 15.0 Å². The molecule has 1 aromatic carbocycles. The van der Waals surface area contributed by atoms with E-state index < -0.39 is 0 Å². The van der Waals surface area contributed by atoms with E-state index in [1.165, 1.54) is 5.56 Å². The number of amides is 1. The summed E-state index contributed by atoms with van der Waals surface area (Å²) in [5, 5.41) is 5.94. The molecule has 0 radical (unpaired) electrons. The highest BCUT2D eigenvalue weighted by Gasteiger charge is 2.08. The van der Waals surface area contributed by atoms with Gasteiger partial charge in [-0.15, -0.1) is 11.3 Å². The van der Waals surface area contributed by atoms with E-state index in [-0.39, 0.29) is 5.91 Å². The predicted octanol–water partition coefficient (Wildman–Crippen LogP) is 2.11. The molecule has 124 valence electrons. The van der Waals surface area contributed by atoms with Crippen molar-refractivity contribution in [3.63, 3.8) is 0 Å². The molecule has 0 atom stereocenters. The quantitative estimate of drug-likeness (QED) is 0.804. The van der Waals surface area contributed by atoms with Gasteiger partial charge in [-0.25, -0.2) is 4.98 Å². The highest BCUT2D eigenvalue weighted by atomic mass is 32.1. The van der Waals surface area contributed by atoms with Crippen LogP contribution >= 0.6 is 11.3 Å². The van der Waals surface area contributed by atoms with Crippen molar-refractivity contribution < 1.29 is 9.53 Å². The molecule has 0 aliphatic heterocycles. The number of ether oxygens (including phenoxy) is 1. The molecule has 0 bridgehead atoms. The number of hydrogen-bond acceptors (Lipinski definition) is 5. The normalized spacial score (nSPS) is 10.8. The molecule has 23 heavy (non-hydrogen) atoms. The summed E-state index contributed by atoms with van der Waals surface area (Å²) in [5.74, 6) is 0.857. The lowest BCUT2D eigenvalue weighted by Gasteiger charge is -2.06. The summed E-state index contributed by atoms with van der Waals surface area (Å²) in [7, 11) is 5.66. The van der Waals surface area contributed by atoms with Crippen LogP contribution in [0.5, 0.6) is 5.75 Å². The Bertz CT molecular complexity index is 623. The van der Waals surface area contributed by atoms with E-state index in [0.29, 0.717) is 13.0 Å². The second-order valence-corrected chi connectivity index (χ2v) is 6.54. The van der Waals surface area contributed by atoms with Crippen molar-refractivity contribution in [2.45, 2.75) is 19.4 Å². The summed E-state index contributed by atoms with van der Waals surface area (Å²) in [6, 6.07) is 7.88. The van der Waals surface area contributed by atoms with Gasteiger partial charge in [-0.2, -0.15) is 0 Å². The Kier molecular flexibility index (Phi) is 6.55. The minimum Gasteiger partial charge on any atom is -0.497 e. The molecule has 2 aromatic rings. The zero-order valence-corrected chi connectivity index (χ0v) is 14.7. The highest BCUT2D eigenvalue weighted by Crippen LogP contribution is 2.12. The zero-order valence-electron chi connectivity index (χ0n) is 13.8. The third kappa shape index (κ3) is 6.00. The molecule has 0 unspecified atom stereocenters. The molecular formula is C17H23N3O2S. The third-order valence-corrected chi connectivity index (χ3v) is 4.17. The first-order chi connectivity index (χ1) is 11.1. The molecule has 6 heteroatoms. The number of carbonyl (C=O) groups is 1. The van der Waals surface area contributed by atoms with Crippen LogP contribution in [0.2, 0.25) is 0 Å². The van der Waals surface area contributed by atoms with Crippen molar-refractivity contribution in [3.05, 3.63) is 45.9 Å². The lowest BCUT2D eigenvalue weighted by molar-refractivity contribution is -0.120. The van der Waals surface area contributed by atoms with Gasteiger partial charge in [0.15, 0.2) is 0 Å². The van der Waals surface area contributed by atoms with Crippen LogP contribution in [0.25, 0.3) is 0 Å². The van der Waals surface area contributed by atoms with Crippen LogP contribution in [0.15, 0.2) is 29.6 Å². The monoisotopic (exact) mass is 333 g/mol. The number of nitrogens with zero attached hydrogens (tertiary/aromatic N) is 2. The average Bonchev–Trinajstić information content (AvgIpc) is 2.94. The SMILES string of the molecule is COc1ccc(CCNC(=O)Cc2csc(CN(C)C)n2)cc1. The van der Waals surface area contributed by atoms with Gasteiger partial charge in [0.05, 0.1) is 19.2 Å². The maximum absolute atomic E-state index is 12.0. The summed E-state index contributed by atoms with van der Waals surface area (Å²) in [6.07, 6.45) is 1.14. The Labute approximate surface area is 141 Å². The first kappa shape index (κ1) is 17.4. The molecule has 0 spiro atoms. The lowest BCUT2D eigenvalue weighted by atomic mass is 10.1. The highest BCUT2D eigenvalue weighted by molar-refractivity contribution is 7.09. The second kappa shape index (κ2) is 8.64. The summed E-state index contributed by atoms with van der Waals surface area (Å²) < 4.78 is 5.13. The Morgan fingerprint density at radius 1 is 1.30 bits per heavy atom. The van der Waals surface area contributed by atoms with E-state index in [0.717, 1.165) is 29.4 Å². The van der Waals surface area contributed by atoms with Gasteiger partial charge in [0.1, 0.15) is 10.8 Å². The maximum atomic E-state index is 12.0. The van der Waals surface area contributed by atoms with E-state index in [9.17, 15) is 4.79 Å². The number of hydrogen-bond donors (Lipinski definition) is 1. The van der Waals surface area contributed by atoms with Crippen molar-refractivity contribution in [2.75, 3.05) is 27.7 Å². The fraction of sp³-hybridized carbons (Fsp3) is 0.412. The molecule has 1 aromatic heterocycles. The zero-order chi connectivity index (χ0) is 16.7. The molecule has 5 nitrogen and oxygen atoms in total. The van der Waals surface area contributed by atoms with Crippen LogP contribution in [0.4, 0.5) is 0 Å². The predicted molar refractivity (Wildman–Crippen MR) is 92.9 cm³/mol. The van der Waals surface area contributed by atoms with E-state index in [1.54, 1.807) is 18.4 Å². The fourth-order valence-electron chi connectivity index (χ4n) is 2.14. The number of methoxy groups -OCH3 is 1. The van der Waals surface area contributed by atoms with Crippen LogP contribution in [-0.4, -0.2) is 43.5 Å².